The van der Waals surface area contributed by atoms with Gasteiger partial charge in [-0.1, -0.05) is 104 Å². The fourth-order valence-corrected chi connectivity index (χ4v) is 6.25. The number of nitriles is 2. The number of esters is 2. The van der Waals surface area contributed by atoms with Crippen LogP contribution in [-0.2, 0) is 52.5 Å². The van der Waals surface area contributed by atoms with E-state index in [-0.39, 0.29) is 16.8 Å². The first-order valence-electron chi connectivity index (χ1n) is 21.4. The molecule has 2 aromatic carbocycles. The fourth-order valence-electron chi connectivity index (χ4n) is 6.25. The first-order valence-corrected chi connectivity index (χ1v) is 21.4. The second-order valence-electron chi connectivity index (χ2n) is 17.9. The number of hydrogen-bond donors (Lipinski definition) is 0. The number of benzene rings is 2. The molecule has 0 fully saturated rings. The van der Waals surface area contributed by atoms with Crippen LogP contribution in [0.25, 0.3) is 22.7 Å². The van der Waals surface area contributed by atoms with Crippen molar-refractivity contribution >= 4 is 34.6 Å². The quantitative estimate of drug-likeness (QED) is 0.0371. The maximum atomic E-state index is 12.6. The molecule has 12 heteroatoms. The summed E-state index contributed by atoms with van der Waals surface area (Å²) in [5.74, 6) is -0.286. The molecule has 0 bridgehead atoms. The van der Waals surface area contributed by atoms with Gasteiger partial charge >= 0.3 is 11.9 Å². The highest BCUT2D eigenvalue weighted by molar-refractivity contribution is 5.95. The normalized spacial score (nSPS) is 13.4. The molecule has 0 aliphatic heterocycles. The third-order valence-corrected chi connectivity index (χ3v) is 10.4. The van der Waals surface area contributed by atoms with E-state index in [1.807, 2.05) is 109 Å². The van der Waals surface area contributed by atoms with E-state index in [1.54, 1.807) is 23.2 Å². The first-order chi connectivity index (χ1) is 29.4. The summed E-state index contributed by atoms with van der Waals surface area (Å²) in [4.78, 5) is 24.2. The Morgan fingerprint density at radius 3 is 1.33 bits per heavy atom. The minimum absolute atomic E-state index is 0.000271. The summed E-state index contributed by atoms with van der Waals surface area (Å²) in [6.45, 7) is 34.0. The van der Waals surface area contributed by atoms with E-state index in [0.717, 1.165) is 28.6 Å². The number of carbonyl (C=O) groups excluding carboxylic acids is 2. The molecule has 0 saturated heterocycles. The number of nitrogens with zero attached hydrogens (tertiary/aromatic N) is 6. The number of ether oxygens (including phenoxy) is 4. The van der Waals surface area contributed by atoms with E-state index in [0.29, 0.717) is 59.1 Å². The highest BCUT2D eigenvalue weighted by Gasteiger charge is 2.30. The minimum atomic E-state index is -0.914. The van der Waals surface area contributed by atoms with Crippen molar-refractivity contribution < 1.29 is 28.5 Å². The fraction of sp³-hybridized carbons (Fsp3) is 0.451. The minimum Gasteiger partial charge on any atom is -0.451 e. The Morgan fingerprint density at radius 2 is 1.03 bits per heavy atom. The van der Waals surface area contributed by atoms with Crippen LogP contribution >= 0.6 is 0 Å². The highest BCUT2D eigenvalue weighted by atomic mass is 16.7. The lowest BCUT2D eigenvalue weighted by molar-refractivity contribution is -0.175. The summed E-state index contributed by atoms with van der Waals surface area (Å²) in [7, 11) is 0. The molecule has 0 N–H and O–H groups in total. The number of aromatic nitrogens is 4. The van der Waals surface area contributed by atoms with E-state index in [2.05, 4.69) is 70.5 Å². The molecule has 2 aromatic heterocycles. The van der Waals surface area contributed by atoms with Crippen LogP contribution in [0, 0.1) is 41.9 Å². The molecule has 0 aliphatic rings. The smallest absolute Gasteiger partial charge is 0.333 e. The monoisotopic (exact) mass is 859 g/mol. The van der Waals surface area contributed by atoms with Gasteiger partial charge in [-0.25, -0.2) is 4.79 Å². The van der Waals surface area contributed by atoms with Crippen molar-refractivity contribution in [3.63, 3.8) is 0 Å². The van der Waals surface area contributed by atoms with Crippen LogP contribution in [0.5, 0.6) is 0 Å². The van der Waals surface area contributed by atoms with Gasteiger partial charge in [0.05, 0.1) is 16.8 Å². The lowest BCUT2D eigenvalue weighted by Gasteiger charge is -2.25. The number of carbonyl (C=O) groups is 2. The van der Waals surface area contributed by atoms with Crippen molar-refractivity contribution in [3.05, 3.63) is 118 Å². The molecular formula is C51H66N6O6. The first kappa shape index (κ1) is 51.0. The summed E-state index contributed by atoms with van der Waals surface area (Å²) in [5, 5.41) is 29.1. The number of aryl methyl sites for hydroxylation is 4. The summed E-state index contributed by atoms with van der Waals surface area (Å²) in [6, 6.07) is 24.0. The lowest BCUT2D eigenvalue weighted by Crippen LogP contribution is -2.30. The van der Waals surface area contributed by atoms with Gasteiger partial charge in [0.2, 0.25) is 12.6 Å². The van der Waals surface area contributed by atoms with Gasteiger partial charge in [-0.05, 0) is 93.2 Å². The van der Waals surface area contributed by atoms with Crippen LogP contribution in [0.4, 0.5) is 0 Å². The van der Waals surface area contributed by atoms with Crippen LogP contribution in [-0.4, -0.2) is 44.1 Å². The zero-order valence-corrected chi connectivity index (χ0v) is 40.0. The van der Waals surface area contributed by atoms with Crippen LogP contribution in [0.3, 0.4) is 0 Å². The van der Waals surface area contributed by atoms with Gasteiger partial charge in [-0.3, -0.25) is 14.2 Å². The van der Waals surface area contributed by atoms with Crippen molar-refractivity contribution in [2.45, 2.75) is 147 Å². The van der Waals surface area contributed by atoms with Crippen molar-refractivity contribution in [2.24, 2.45) is 5.41 Å². The molecule has 63 heavy (non-hydrogen) atoms. The average molecular weight is 859 g/mol. The summed E-state index contributed by atoms with van der Waals surface area (Å²) in [6.07, 6.45) is -0.0773. The topological polar surface area (TPSA) is 154 Å². The zero-order chi connectivity index (χ0) is 47.4. The van der Waals surface area contributed by atoms with Crippen molar-refractivity contribution in [2.75, 3.05) is 0 Å². The molecule has 336 valence electrons. The Kier molecular flexibility index (Phi) is 17.5. The van der Waals surface area contributed by atoms with E-state index in [1.165, 1.54) is 5.56 Å². The summed E-state index contributed by atoms with van der Waals surface area (Å²) in [5.41, 5.74) is 6.78. The predicted molar refractivity (Wildman–Crippen MR) is 248 cm³/mol. The average Bonchev–Trinajstić information content (AvgIpc) is 3.81. The Balaban J connectivity index is 0.000000337. The third-order valence-electron chi connectivity index (χ3n) is 10.4. The molecule has 0 spiro atoms. The Labute approximate surface area is 374 Å². The van der Waals surface area contributed by atoms with Crippen LogP contribution in [0.1, 0.15) is 141 Å². The zero-order valence-electron chi connectivity index (χ0n) is 40.0. The molecule has 12 nitrogen and oxygen atoms in total. The van der Waals surface area contributed by atoms with E-state index in [4.69, 9.17) is 18.9 Å². The largest absolute Gasteiger partial charge is 0.451 e. The van der Waals surface area contributed by atoms with Gasteiger partial charge < -0.3 is 18.9 Å². The van der Waals surface area contributed by atoms with Gasteiger partial charge in [-0.2, -0.15) is 20.7 Å². The second kappa shape index (κ2) is 21.6. The molecule has 2 unspecified atom stereocenters. The molecule has 4 aromatic rings. The molecule has 0 amide bonds. The molecule has 4 rings (SSSR count). The van der Waals surface area contributed by atoms with Crippen molar-refractivity contribution in [3.8, 4) is 12.1 Å². The number of allylic oxidation sites excluding steroid dienone is 2. The van der Waals surface area contributed by atoms with Crippen molar-refractivity contribution in [1.82, 2.24) is 19.6 Å². The predicted octanol–water partition coefficient (Wildman–Crippen LogP) is 11.2. The molecule has 0 radical (unpaired) electrons. The maximum Gasteiger partial charge on any atom is 0.333 e. The van der Waals surface area contributed by atoms with Gasteiger partial charge in [0.1, 0.15) is 34.7 Å². The maximum absolute atomic E-state index is 12.6. The second-order valence-corrected chi connectivity index (χ2v) is 17.9. The van der Waals surface area contributed by atoms with Gasteiger partial charge in [0, 0.05) is 33.0 Å². The SMILES string of the molecule is C=CC(=O)OC(C)O/C(=C(/C#N)c1ccc(C(C)(C)C)cc1)c1cc(C)nn1CC.CCn1nc(C)cc1/C(OC(C)OC(=O)C(C)(C)CC)=C(\C#N)c1ccc(C(C)(C)C)cc1. The Bertz CT molecular complexity index is 2370. The third kappa shape index (κ3) is 13.5. The number of rotatable bonds is 15. The molecule has 0 saturated carbocycles. The van der Waals surface area contributed by atoms with E-state index in [9.17, 15) is 20.1 Å². The van der Waals surface area contributed by atoms with Crippen LogP contribution in [0.2, 0.25) is 0 Å². The van der Waals surface area contributed by atoms with Crippen molar-refractivity contribution in [1.29, 1.82) is 10.5 Å². The summed E-state index contributed by atoms with van der Waals surface area (Å²) >= 11 is 0. The van der Waals surface area contributed by atoms with Gasteiger partial charge in [0.25, 0.3) is 0 Å². The molecule has 2 heterocycles. The molecular weight excluding hydrogens is 793 g/mol. The highest BCUT2D eigenvalue weighted by Crippen LogP contribution is 2.34. The summed E-state index contributed by atoms with van der Waals surface area (Å²) < 4.78 is 26.5. The Morgan fingerprint density at radius 1 is 0.667 bits per heavy atom. The van der Waals surface area contributed by atoms with Gasteiger partial charge in [0.15, 0.2) is 11.5 Å². The van der Waals surface area contributed by atoms with E-state index < -0.39 is 24.0 Å². The van der Waals surface area contributed by atoms with Gasteiger partial charge in [-0.15, -0.1) is 0 Å². The lowest BCUT2D eigenvalue weighted by atomic mass is 9.86. The molecule has 0 aliphatic carbocycles. The Hall–Kier alpha value is -6.40. The standard InChI is InChI=1S/C27H37N3O3.C24H29N3O3/c1-10-27(8,9)25(31)33-19(4)32-24(23-16-18(3)29-30(23)11-2)22(17-28)20-12-14-21(15-13-20)26(5,6)7;1-8-22(28)29-17(4)30-23(21-14-16(3)26-27(21)9-2)20(15-25)18-10-12-19(13-11-18)24(5,6)7/h12-16,19H,10-11H2,1-9H3;8,10-14,17H,1,9H2,2-7H3/b24-22-;23-20-. The number of hydrogen-bond acceptors (Lipinski definition) is 10. The molecule has 2 atom stereocenters. The van der Waals surface area contributed by atoms with Crippen LogP contribution in [0.15, 0.2) is 73.3 Å². The van der Waals surface area contributed by atoms with E-state index >= 15 is 0 Å². The van der Waals surface area contributed by atoms with Crippen LogP contribution < -0.4 is 0 Å².